The van der Waals surface area contributed by atoms with Crippen LogP contribution in [0.2, 0.25) is 0 Å². The summed E-state index contributed by atoms with van der Waals surface area (Å²) in [6, 6.07) is 8.44. The number of hydrogen-bond acceptors (Lipinski definition) is 2. The zero-order valence-corrected chi connectivity index (χ0v) is 9.84. The van der Waals surface area contributed by atoms with Gasteiger partial charge in [0, 0.05) is 0 Å². The number of benzene rings is 1. The summed E-state index contributed by atoms with van der Waals surface area (Å²) in [5.74, 6) is 0. The Morgan fingerprint density at radius 3 is 2.40 bits per heavy atom. The van der Waals surface area contributed by atoms with Gasteiger partial charge < -0.3 is 24.9 Å². The van der Waals surface area contributed by atoms with Crippen LogP contribution in [0.3, 0.4) is 0 Å². The molecule has 1 aromatic carbocycles. The van der Waals surface area contributed by atoms with E-state index in [0.29, 0.717) is 0 Å². The Balaban J connectivity index is 0. The normalized spacial score (nSPS) is 8.47. The molecule has 2 nitrogen and oxygen atoms in total. The Hall–Kier alpha value is -0.423. The monoisotopic (exact) mass is 198 g/mol. The summed E-state index contributed by atoms with van der Waals surface area (Å²) in [7, 11) is 0. The van der Waals surface area contributed by atoms with Crippen LogP contribution in [0.5, 0.6) is 0 Å². The number of nitrogen functional groups attached to an aromatic ring is 1. The van der Waals surface area contributed by atoms with Gasteiger partial charge in [-0.2, -0.15) is 24.6 Å². The molecule has 0 fully saturated rings. The molecule has 0 saturated carbocycles. The van der Waals surface area contributed by atoms with Crippen molar-refractivity contribution in [2.75, 3.05) is 18.8 Å². The second kappa shape index (κ2) is 11.7. The molecule has 0 spiro atoms. The van der Waals surface area contributed by atoms with Crippen molar-refractivity contribution in [2.24, 2.45) is 0 Å². The average Bonchev–Trinajstić information content (AvgIpc) is 2.20. The molecule has 0 unspecified atom stereocenters. The molecule has 0 heterocycles. The molecule has 0 radical (unpaired) electrons. The molecule has 0 saturated heterocycles. The molecular formula is C12H19LiN2-2. The molecule has 0 bridgehead atoms. The van der Waals surface area contributed by atoms with Gasteiger partial charge in [0.25, 0.3) is 0 Å². The van der Waals surface area contributed by atoms with E-state index in [0.717, 1.165) is 30.8 Å². The van der Waals surface area contributed by atoms with Crippen LogP contribution in [-0.2, 0) is 0 Å². The van der Waals surface area contributed by atoms with Crippen LogP contribution in [-0.4, -0.2) is 13.1 Å². The number of hydrogen-bond donors (Lipinski definition) is 2. The van der Waals surface area contributed by atoms with Crippen molar-refractivity contribution in [3.63, 3.8) is 0 Å². The minimum atomic E-state index is 0. The molecular weight excluding hydrogens is 179 g/mol. The smallest absolute Gasteiger partial charge is 0.419 e. The Bertz CT molecular complexity index is 214. The van der Waals surface area contributed by atoms with E-state index in [2.05, 4.69) is 25.2 Å². The molecule has 0 atom stereocenters. The van der Waals surface area contributed by atoms with Crippen molar-refractivity contribution >= 4 is 5.69 Å². The van der Waals surface area contributed by atoms with Crippen molar-refractivity contribution in [1.29, 1.82) is 0 Å². The van der Waals surface area contributed by atoms with Crippen LogP contribution in [0.15, 0.2) is 18.2 Å². The van der Waals surface area contributed by atoms with Gasteiger partial charge in [-0.05, 0) is 6.54 Å². The quantitative estimate of drug-likeness (QED) is 0.283. The van der Waals surface area contributed by atoms with Crippen molar-refractivity contribution in [3.8, 4) is 0 Å². The third-order valence-electron chi connectivity index (χ3n) is 1.64. The molecule has 0 aliphatic heterocycles. The fourth-order valence-electron chi connectivity index (χ4n) is 0.776. The van der Waals surface area contributed by atoms with Gasteiger partial charge in [-0.1, -0.05) is 12.6 Å². The van der Waals surface area contributed by atoms with Crippen LogP contribution >= 0.6 is 0 Å². The fraction of sp³-hybridized carbons (Fsp3) is 0.333. The van der Waals surface area contributed by atoms with Crippen molar-refractivity contribution < 1.29 is 18.9 Å². The zero-order chi connectivity index (χ0) is 10.8. The van der Waals surface area contributed by atoms with Crippen LogP contribution in [0.25, 0.3) is 0 Å². The number of rotatable bonds is 3. The van der Waals surface area contributed by atoms with Crippen LogP contribution < -0.4 is 29.9 Å². The summed E-state index contributed by atoms with van der Waals surface area (Å²) in [5, 5.41) is 3.02. The molecule has 0 amide bonds. The molecule has 0 aliphatic rings. The zero-order valence-electron chi connectivity index (χ0n) is 9.84. The molecule has 3 heteroatoms. The van der Waals surface area contributed by atoms with E-state index in [1.165, 1.54) is 0 Å². The van der Waals surface area contributed by atoms with Gasteiger partial charge in [0.1, 0.15) is 0 Å². The molecule has 1 aromatic rings. The van der Waals surface area contributed by atoms with Gasteiger partial charge >= 0.3 is 18.9 Å². The SMILES string of the molecule is Cc1c[c-]ccc1N.[CH2-]CCNC[CH2-].[Li+]. The summed E-state index contributed by atoms with van der Waals surface area (Å²) < 4.78 is 0. The minimum absolute atomic E-state index is 0. The van der Waals surface area contributed by atoms with Crippen LogP contribution in [0, 0.1) is 26.8 Å². The fourth-order valence-corrected chi connectivity index (χ4v) is 0.776. The Kier molecular flexibility index (Phi) is 13.2. The number of nitrogens with two attached hydrogens (primary N) is 1. The Morgan fingerprint density at radius 1 is 1.47 bits per heavy atom. The first-order chi connectivity index (χ1) is 6.72. The Labute approximate surface area is 106 Å². The predicted octanol–water partition coefficient (Wildman–Crippen LogP) is -0.984. The first kappa shape index (κ1) is 17.0. The number of anilines is 1. The second-order valence-corrected chi connectivity index (χ2v) is 2.89. The van der Waals surface area contributed by atoms with E-state index in [1.807, 2.05) is 25.1 Å². The maximum atomic E-state index is 5.50. The molecule has 15 heavy (non-hydrogen) atoms. The minimum Gasteiger partial charge on any atom is -0.419 e. The summed E-state index contributed by atoms with van der Waals surface area (Å²) in [6.45, 7) is 11.0. The van der Waals surface area contributed by atoms with E-state index in [9.17, 15) is 0 Å². The van der Waals surface area contributed by atoms with Gasteiger partial charge in [0.05, 0.1) is 0 Å². The van der Waals surface area contributed by atoms with E-state index in [4.69, 9.17) is 5.73 Å². The van der Waals surface area contributed by atoms with E-state index >= 15 is 0 Å². The largest absolute Gasteiger partial charge is 1.00 e. The first-order valence-corrected chi connectivity index (χ1v) is 4.73. The van der Waals surface area contributed by atoms with Gasteiger partial charge in [-0.3, -0.25) is 0 Å². The van der Waals surface area contributed by atoms with Gasteiger partial charge in [0.2, 0.25) is 0 Å². The molecule has 0 aromatic heterocycles. The molecule has 1 rings (SSSR count). The second-order valence-electron chi connectivity index (χ2n) is 2.89. The standard InChI is InChI=1S/C7H8N.C5H11N.Li/c1-6-4-2-3-5-7(6)8;1-3-5-6-4-2;/h3-5H,8H2,1H3;6H,1-5H2;/q-1;-2;+1. The van der Waals surface area contributed by atoms with E-state index < -0.39 is 0 Å². The summed E-state index contributed by atoms with van der Waals surface area (Å²) >= 11 is 0. The average molecular weight is 198 g/mol. The van der Waals surface area contributed by atoms with Crippen molar-refractivity contribution in [3.05, 3.63) is 43.7 Å². The molecule has 3 N–H and O–H groups in total. The maximum Gasteiger partial charge on any atom is 1.00 e. The third-order valence-corrected chi connectivity index (χ3v) is 1.64. The topological polar surface area (TPSA) is 38.0 Å². The van der Waals surface area contributed by atoms with Crippen LogP contribution in [0.4, 0.5) is 5.69 Å². The first-order valence-electron chi connectivity index (χ1n) is 4.73. The number of aryl methyl sites for hydroxylation is 1. The van der Waals surface area contributed by atoms with E-state index in [-0.39, 0.29) is 18.9 Å². The van der Waals surface area contributed by atoms with Crippen LogP contribution in [0.1, 0.15) is 12.0 Å². The van der Waals surface area contributed by atoms with Crippen molar-refractivity contribution in [1.82, 2.24) is 5.32 Å². The Morgan fingerprint density at radius 2 is 2.13 bits per heavy atom. The van der Waals surface area contributed by atoms with E-state index in [1.54, 1.807) is 0 Å². The molecule has 0 aliphatic carbocycles. The van der Waals surface area contributed by atoms with Gasteiger partial charge in [-0.25, -0.2) is 0 Å². The number of nitrogens with one attached hydrogen (secondary N) is 1. The predicted molar refractivity (Wildman–Crippen MR) is 62.6 cm³/mol. The summed E-state index contributed by atoms with van der Waals surface area (Å²) in [6.07, 6.45) is 0.954. The summed E-state index contributed by atoms with van der Waals surface area (Å²) in [5.41, 5.74) is 7.43. The van der Waals surface area contributed by atoms with Gasteiger partial charge in [0.15, 0.2) is 0 Å². The third kappa shape index (κ3) is 9.87. The maximum absolute atomic E-state index is 5.50. The summed E-state index contributed by atoms with van der Waals surface area (Å²) in [4.78, 5) is 0. The van der Waals surface area contributed by atoms with Gasteiger partial charge in [-0.15, -0.1) is 18.2 Å². The van der Waals surface area contributed by atoms with Crippen molar-refractivity contribution in [2.45, 2.75) is 13.3 Å². The molecule has 80 valence electrons.